The number of nitrogens with zero attached hydrogens (tertiary/aromatic N) is 2. The van der Waals surface area contributed by atoms with Crippen molar-refractivity contribution in [3.63, 3.8) is 0 Å². The average molecular weight is 279 g/mol. The van der Waals surface area contributed by atoms with Gasteiger partial charge in [-0.05, 0) is 25.1 Å². The van der Waals surface area contributed by atoms with Gasteiger partial charge in [0, 0.05) is 26.7 Å². The first-order valence-electron chi connectivity index (χ1n) is 6.46. The number of fused-ring (bicyclic) bond motifs is 2. The fraction of sp³-hybridized carbons (Fsp3) is 0.0625. The highest BCUT2D eigenvalue weighted by Gasteiger charge is 2.15. The van der Waals surface area contributed by atoms with Gasteiger partial charge in [-0.3, -0.25) is 4.40 Å². The molecule has 1 aromatic carbocycles. The summed E-state index contributed by atoms with van der Waals surface area (Å²) in [5, 5.41) is 3.35. The number of pyridine rings is 1. The number of hydrogen-bond acceptors (Lipinski definition) is 3. The minimum atomic E-state index is 0.710. The SMILES string of the molecule is Cc1cccc2nc(-c3csc4ccccc34)c(N)n12. The van der Waals surface area contributed by atoms with E-state index in [1.54, 1.807) is 11.3 Å². The molecule has 0 unspecified atom stereocenters. The molecule has 4 rings (SSSR count). The first kappa shape index (κ1) is 11.5. The lowest BCUT2D eigenvalue weighted by Crippen LogP contribution is -1.97. The van der Waals surface area contributed by atoms with Crippen molar-refractivity contribution in [2.75, 3.05) is 5.73 Å². The summed E-state index contributed by atoms with van der Waals surface area (Å²) >= 11 is 1.73. The van der Waals surface area contributed by atoms with E-state index in [1.165, 1.54) is 10.1 Å². The molecule has 98 valence electrons. The van der Waals surface area contributed by atoms with Crippen molar-refractivity contribution in [1.82, 2.24) is 9.38 Å². The molecule has 2 N–H and O–H groups in total. The number of aryl methyl sites for hydroxylation is 1. The van der Waals surface area contributed by atoms with Gasteiger partial charge in [0.25, 0.3) is 0 Å². The minimum absolute atomic E-state index is 0.710. The zero-order valence-corrected chi connectivity index (χ0v) is 11.8. The second-order valence-electron chi connectivity index (χ2n) is 4.85. The van der Waals surface area contributed by atoms with E-state index < -0.39 is 0 Å². The van der Waals surface area contributed by atoms with Crippen molar-refractivity contribution in [3.05, 3.63) is 53.5 Å². The van der Waals surface area contributed by atoms with Crippen LogP contribution in [0.25, 0.3) is 27.0 Å². The predicted octanol–water partition coefficient (Wildman–Crippen LogP) is 4.11. The fourth-order valence-electron chi connectivity index (χ4n) is 2.64. The molecule has 0 saturated heterocycles. The molecule has 20 heavy (non-hydrogen) atoms. The third-order valence-corrected chi connectivity index (χ3v) is 4.57. The van der Waals surface area contributed by atoms with Crippen LogP contribution in [-0.4, -0.2) is 9.38 Å². The van der Waals surface area contributed by atoms with E-state index in [2.05, 4.69) is 29.6 Å². The Kier molecular flexibility index (Phi) is 2.35. The van der Waals surface area contributed by atoms with Gasteiger partial charge in [0.15, 0.2) is 0 Å². The summed E-state index contributed by atoms with van der Waals surface area (Å²) < 4.78 is 3.26. The van der Waals surface area contributed by atoms with Crippen molar-refractivity contribution in [2.45, 2.75) is 6.92 Å². The zero-order valence-electron chi connectivity index (χ0n) is 11.0. The number of hydrogen-bond donors (Lipinski definition) is 1. The molecule has 0 amide bonds. The highest BCUT2D eigenvalue weighted by atomic mass is 32.1. The van der Waals surface area contributed by atoms with Crippen LogP contribution in [0.4, 0.5) is 5.82 Å². The molecule has 0 fully saturated rings. The molecular weight excluding hydrogens is 266 g/mol. The van der Waals surface area contributed by atoms with E-state index >= 15 is 0 Å². The van der Waals surface area contributed by atoms with Crippen LogP contribution in [0.5, 0.6) is 0 Å². The molecule has 4 aromatic rings. The van der Waals surface area contributed by atoms with Gasteiger partial charge in [-0.15, -0.1) is 11.3 Å². The van der Waals surface area contributed by atoms with Crippen LogP contribution in [0.1, 0.15) is 5.69 Å². The largest absolute Gasteiger partial charge is 0.383 e. The molecule has 3 nitrogen and oxygen atoms in total. The maximum atomic E-state index is 6.33. The van der Waals surface area contributed by atoms with Crippen LogP contribution < -0.4 is 5.73 Å². The summed E-state index contributed by atoms with van der Waals surface area (Å²) in [6.07, 6.45) is 0. The van der Waals surface area contributed by atoms with Crippen LogP contribution >= 0.6 is 11.3 Å². The van der Waals surface area contributed by atoms with Gasteiger partial charge < -0.3 is 5.73 Å². The summed E-state index contributed by atoms with van der Waals surface area (Å²) in [6.45, 7) is 2.04. The highest BCUT2D eigenvalue weighted by molar-refractivity contribution is 7.17. The van der Waals surface area contributed by atoms with Gasteiger partial charge >= 0.3 is 0 Å². The zero-order chi connectivity index (χ0) is 13.7. The van der Waals surface area contributed by atoms with Gasteiger partial charge in [0.05, 0.1) is 0 Å². The quantitative estimate of drug-likeness (QED) is 0.570. The second kappa shape index (κ2) is 4.08. The number of nitrogens with two attached hydrogens (primary N) is 1. The summed E-state index contributed by atoms with van der Waals surface area (Å²) in [6, 6.07) is 14.4. The Morgan fingerprint density at radius 3 is 2.80 bits per heavy atom. The Hall–Kier alpha value is -2.33. The molecule has 0 bridgehead atoms. The Morgan fingerprint density at radius 1 is 1.10 bits per heavy atom. The van der Waals surface area contributed by atoms with E-state index in [-0.39, 0.29) is 0 Å². The number of rotatable bonds is 1. The Bertz CT molecular complexity index is 933. The molecule has 0 radical (unpaired) electrons. The Labute approximate surface area is 120 Å². The van der Waals surface area contributed by atoms with Gasteiger partial charge in [0.1, 0.15) is 17.2 Å². The standard InChI is InChI=1S/C16H13N3S/c1-10-5-4-8-14-18-15(16(17)19(10)14)12-9-20-13-7-3-2-6-11(12)13/h2-9H,17H2,1H3. The molecular formula is C16H13N3S. The van der Waals surface area contributed by atoms with Crippen molar-refractivity contribution < 1.29 is 0 Å². The van der Waals surface area contributed by atoms with E-state index in [0.29, 0.717) is 5.82 Å². The first-order valence-corrected chi connectivity index (χ1v) is 7.34. The van der Waals surface area contributed by atoms with Gasteiger partial charge in [-0.25, -0.2) is 4.98 Å². The molecule has 4 heteroatoms. The third kappa shape index (κ3) is 1.48. The Morgan fingerprint density at radius 2 is 1.95 bits per heavy atom. The van der Waals surface area contributed by atoms with Crippen LogP contribution in [0.2, 0.25) is 0 Å². The van der Waals surface area contributed by atoms with Crippen LogP contribution in [0.3, 0.4) is 0 Å². The molecule has 0 atom stereocenters. The summed E-state index contributed by atoms with van der Waals surface area (Å²) in [5.41, 5.74) is 10.3. The molecule has 0 aliphatic rings. The number of aromatic nitrogens is 2. The number of imidazole rings is 1. The predicted molar refractivity (Wildman–Crippen MR) is 85.2 cm³/mol. The van der Waals surface area contributed by atoms with Crippen molar-refractivity contribution >= 4 is 32.9 Å². The summed E-state index contributed by atoms with van der Waals surface area (Å²) in [7, 11) is 0. The molecule has 0 aliphatic heterocycles. The van der Waals surface area contributed by atoms with Crippen molar-refractivity contribution in [2.24, 2.45) is 0 Å². The topological polar surface area (TPSA) is 43.3 Å². The molecule has 0 spiro atoms. The van der Waals surface area contributed by atoms with Gasteiger partial charge in [-0.2, -0.15) is 0 Å². The van der Waals surface area contributed by atoms with Crippen LogP contribution in [0, 0.1) is 6.92 Å². The Balaban J connectivity index is 2.08. The number of benzene rings is 1. The van der Waals surface area contributed by atoms with E-state index in [4.69, 9.17) is 10.7 Å². The fourth-order valence-corrected chi connectivity index (χ4v) is 3.59. The summed E-state index contributed by atoms with van der Waals surface area (Å²) in [4.78, 5) is 4.71. The first-order chi connectivity index (χ1) is 9.75. The monoisotopic (exact) mass is 279 g/mol. The summed E-state index contributed by atoms with van der Waals surface area (Å²) in [5.74, 6) is 0.710. The third-order valence-electron chi connectivity index (χ3n) is 3.61. The lowest BCUT2D eigenvalue weighted by Gasteiger charge is -2.01. The van der Waals surface area contributed by atoms with Crippen LogP contribution in [0.15, 0.2) is 47.8 Å². The number of nitrogen functional groups attached to an aromatic ring is 1. The van der Waals surface area contributed by atoms with Gasteiger partial charge in [0.2, 0.25) is 0 Å². The average Bonchev–Trinajstić information content (AvgIpc) is 3.01. The smallest absolute Gasteiger partial charge is 0.139 e. The normalized spacial score (nSPS) is 11.4. The maximum Gasteiger partial charge on any atom is 0.139 e. The molecule has 0 saturated carbocycles. The second-order valence-corrected chi connectivity index (χ2v) is 5.76. The van der Waals surface area contributed by atoms with E-state index in [1.807, 2.05) is 29.5 Å². The number of anilines is 1. The van der Waals surface area contributed by atoms with E-state index in [0.717, 1.165) is 22.6 Å². The van der Waals surface area contributed by atoms with E-state index in [9.17, 15) is 0 Å². The lowest BCUT2D eigenvalue weighted by molar-refractivity contribution is 1.10. The molecule has 0 aliphatic carbocycles. The number of thiophene rings is 1. The molecule has 3 heterocycles. The highest BCUT2D eigenvalue weighted by Crippen LogP contribution is 2.36. The van der Waals surface area contributed by atoms with Crippen molar-refractivity contribution in [1.29, 1.82) is 0 Å². The molecule has 3 aromatic heterocycles. The lowest BCUT2D eigenvalue weighted by atomic mass is 10.1. The maximum absolute atomic E-state index is 6.33. The minimum Gasteiger partial charge on any atom is -0.383 e. The van der Waals surface area contributed by atoms with Crippen molar-refractivity contribution in [3.8, 4) is 11.3 Å². The van der Waals surface area contributed by atoms with Crippen LogP contribution in [-0.2, 0) is 0 Å². The van der Waals surface area contributed by atoms with Gasteiger partial charge in [-0.1, -0.05) is 24.3 Å².